The smallest absolute Gasteiger partial charge is 0.244 e. The molecular formula is C24H32FN3O6S. The van der Waals surface area contributed by atoms with Crippen molar-refractivity contribution in [3.05, 3.63) is 53.8 Å². The maximum Gasteiger partial charge on any atom is 0.244 e. The zero-order valence-electron chi connectivity index (χ0n) is 20.7. The molecule has 0 radical (unpaired) electrons. The van der Waals surface area contributed by atoms with Gasteiger partial charge in [-0.3, -0.25) is 13.9 Å². The molecule has 1 N–H and O–H groups in total. The first kappa shape index (κ1) is 27.9. The van der Waals surface area contributed by atoms with E-state index in [0.717, 1.165) is 10.6 Å². The number of anilines is 1. The predicted molar refractivity (Wildman–Crippen MR) is 131 cm³/mol. The van der Waals surface area contributed by atoms with Gasteiger partial charge < -0.3 is 19.7 Å². The van der Waals surface area contributed by atoms with Gasteiger partial charge in [0.05, 0.1) is 26.2 Å². The Kier molecular flexibility index (Phi) is 9.47. The normalized spacial score (nSPS) is 12.1. The third kappa shape index (κ3) is 7.57. The van der Waals surface area contributed by atoms with E-state index in [2.05, 4.69) is 5.32 Å². The Morgan fingerprint density at radius 3 is 2.17 bits per heavy atom. The lowest BCUT2D eigenvalue weighted by Gasteiger charge is -2.32. The maximum absolute atomic E-state index is 13.5. The Hall–Kier alpha value is -3.34. The van der Waals surface area contributed by atoms with Crippen molar-refractivity contribution in [1.29, 1.82) is 0 Å². The molecule has 2 amide bonds. The number of amides is 2. The van der Waals surface area contributed by atoms with Crippen LogP contribution in [-0.2, 0) is 26.2 Å². The van der Waals surface area contributed by atoms with E-state index in [1.807, 2.05) is 0 Å². The van der Waals surface area contributed by atoms with Crippen molar-refractivity contribution in [3.63, 3.8) is 0 Å². The first-order valence-corrected chi connectivity index (χ1v) is 12.8. The molecule has 11 heteroatoms. The van der Waals surface area contributed by atoms with Gasteiger partial charge in [-0.15, -0.1) is 0 Å². The second kappa shape index (κ2) is 11.9. The van der Waals surface area contributed by atoms with Gasteiger partial charge in [-0.2, -0.15) is 0 Å². The van der Waals surface area contributed by atoms with Crippen molar-refractivity contribution < 1.29 is 31.9 Å². The summed E-state index contributed by atoms with van der Waals surface area (Å²) < 4.78 is 50.2. The molecule has 2 aromatic carbocycles. The Bertz CT molecular complexity index is 1140. The number of carbonyl (C=O) groups excluding carboxylic acids is 2. The zero-order valence-corrected chi connectivity index (χ0v) is 21.6. The zero-order chi connectivity index (χ0) is 26.3. The number of nitrogens with zero attached hydrogens (tertiary/aromatic N) is 2. The summed E-state index contributed by atoms with van der Waals surface area (Å²) in [5.74, 6) is -0.819. The van der Waals surface area contributed by atoms with E-state index in [4.69, 9.17) is 9.47 Å². The lowest BCUT2D eigenvalue weighted by molar-refractivity contribution is -0.139. The van der Waals surface area contributed by atoms with Gasteiger partial charge in [0, 0.05) is 18.7 Å². The summed E-state index contributed by atoms with van der Waals surface area (Å²) in [6.45, 7) is 4.53. The molecular weight excluding hydrogens is 477 g/mol. The molecule has 0 aliphatic carbocycles. The SMILES string of the molecule is COc1ccc(N(CC(=O)N(Cc2ccc(F)cc2)C(C)C(=O)NC(C)C)S(C)(=O)=O)c(OC)c1. The highest BCUT2D eigenvalue weighted by molar-refractivity contribution is 7.92. The van der Waals surface area contributed by atoms with Crippen molar-refractivity contribution in [3.8, 4) is 11.5 Å². The van der Waals surface area contributed by atoms with Crippen LogP contribution in [0.3, 0.4) is 0 Å². The third-order valence-electron chi connectivity index (χ3n) is 5.20. The largest absolute Gasteiger partial charge is 0.497 e. The second-order valence-electron chi connectivity index (χ2n) is 8.29. The topological polar surface area (TPSA) is 105 Å². The van der Waals surface area contributed by atoms with Crippen molar-refractivity contribution in [1.82, 2.24) is 10.2 Å². The first-order chi connectivity index (χ1) is 16.4. The summed E-state index contributed by atoms with van der Waals surface area (Å²) in [5.41, 5.74) is 0.724. The van der Waals surface area contributed by atoms with E-state index >= 15 is 0 Å². The number of sulfonamides is 1. The van der Waals surface area contributed by atoms with E-state index in [0.29, 0.717) is 11.3 Å². The highest BCUT2D eigenvalue weighted by Crippen LogP contribution is 2.33. The molecule has 0 aromatic heterocycles. The van der Waals surface area contributed by atoms with Gasteiger partial charge in [-0.1, -0.05) is 12.1 Å². The first-order valence-electron chi connectivity index (χ1n) is 10.9. The summed E-state index contributed by atoms with van der Waals surface area (Å²) in [6, 6.07) is 8.96. The van der Waals surface area contributed by atoms with Gasteiger partial charge >= 0.3 is 0 Å². The quantitative estimate of drug-likeness (QED) is 0.499. The molecule has 192 valence electrons. The molecule has 0 heterocycles. The average Bonchev–Trinajstić information content (AvgIpc) is 2.80. The molecule has 1 unspecified atom stereocenters. The Morgan fingerprint density at radius 1 is 1.03 bits per heavy atom. The van der Waals surface area contributed by atoms with Crippen LogP contribution in [0.5, 0.6) is 11.5 Å². The Labute approximate surface area is 205 Å². The van der Waals surface area contributed by atoms with Crippen molar-refractivity contribution in [2.45, 2.75) is 39.4 Å². The Balaban J connectivity index is 2.45. The molecule has 9 nitrogen and oxygen atoms in total. The van der Waals surface area contributed by atoms with Crippen LogP contribution >= 0.6 is 0 Å². The van der Waals surface area contributed by atoms with E-state index < -0.39 is 40.2 Å². The van der Waals surface area contributed by atoms with Gasteiger partial charge in [0.1, 0.15) is 29.9 Å². The summed E-state index contributed by atoms with van der Waals surface area (Å²) in [6.07, 6.45) is 0.975. The third-order valence-corrected chi connectivity index (χ3v) is 6.33. The number of hydrogen-bond acceptors (Lipinski definition) is 6. The van der Waals surface area contributed by atoms with Crippen LogP contribution in [0.1, 0.15) is 26.3 Å². The summed E-state index contributed by atoms with van der Waals surface area (Å²) in [5, 5.41) is 2.76. The Morgan fingerprint density at radius 2 is 1.66 bits per heavy atom. The van der Waals surface area contributed by atoms with Crippen molar-refractivity contribution >= 4 is 27.5 Å². The number of hydrogen-bond donors (Lipinski definition) is 1. The molecule has 1 atom stereocenters. The monoisotopic (exact) mass is 509 g/mol. The van der Waals surface area contributed by atoms with Gasteiger partial charge in [0.25, 0.3) is 0 Å². The number of benzene rings is 2. The van der Waals surface area contributed by atoms with Crippen LogP contribution in [0.2, 0.25) is 0 Å². The minimum Gasteiger partial charge on any atom is -0.497 e. The molecule has 0 aliphatic heterocycles. The number of carbonyl (C=O) groups is 2. The van der Waals surface area contributed by atoms with E-state index in [1.165, 1.54) is 55.5 Å². The second-order valence-corrected chi connectivity index (χ2v) is 10.2. The minimum atomic E-state index is -3.93. The molecule has 0 saturated carbocycles. The molecule has 0 bridgehead atoms. The van der Waals surface area contributed by atoms with E-state index in [-0.39, 0.29) is 24.0 Å². The minimum absolute atomic E-state index is 0.0247. The number of nitrogens with one attached hydrogen (secondary N) is 1. The van der Waals surface area contributed by atoms with Crippen LogP contribution in [0.4, 0.5) is 10.1 Å². The van der Waals surface area contributed by atoms with Gasteiger partial charge in [0.2, 0.25) is 21.8 Å². The molecule has 2 aromatic rings. The standard InChI is InChI=1S/C24H32FN3O6S/c1-16(2)26-24(30)17(3)27(14-18-7-9-19(25)10-8-18)23(29)15-28(35(6,31)32)21-12-11-20(33-4)13-22(21)34-5/h7-13,16-17H,14-15H2,1-6H3,(H,26,30). The molecule has 2 rings (SSSR count). The molecule has 35 heavy (non-hydrogen) atoms. The van der Waals surface area contributed by atoms with Crippen LogP contribution in [0.15, 0.2) is 42.5 Å². The highest BCUT2D eigenvalue weighted by Gasteiger charge is 2.31. The van der Waals surface area contributed by atoms with Crippen LogP contribution in [-0.4, -0.2) is 64.2 Å². The highest BCUT2D eigenvalue weighted by atomic mass is 32.2. The fourth-order valence-corrected chi connectivity index (χ4v) is 4.21. The van der Waals surface area contributed by atoms with Crippen LogP contribution in [0, 0.1) is 5.82 Å². The van der Waals surface area contributed by atoms with E-state index in [1.54, 1.807) is 26.8 Å². The lowest BCUT2D eigenvalue weighted by Crippen LogP contribution is -2.52. The van der Waals surface area contributed by atoms with Crippen molar-refractivity contribution in [2.24, 2.45) is 0 Å². The van der Waals surface area contributed by atoms with Gasteiger partial charge in [-0.25, -0.2) is 12.8 Å². The van der Waals surface area contributed by atoms with Crippen molar-refractivity contribution in [2.75, 3.05) is 31.3 Å². The van der Waals surface area contributed by atoms with Crippen LogP contribution in [0.25, 0.3) is 0 Å². The fraction of sp³-hybridized carbons (Fsp3) is 0.417. The lowest BCUT2D eigenvalue weighted by atomic mass is 10.1. The average molecular weight is 510 g/mol. The number of rotatable bonds is 11. The molecule has 0 aliphatic rings. The van der Waals surface area contributed by atoms with E-state index in [9.17, 15) is 22.4 Å². The van der Waals surface area contributed by atoms with Gasteiger partial charge in [0.15, 0.2) is 0 Å². The molecule has 0 saturated heterocycles. The van der Waals surface area contributed by atoms with Gasteiger partial charge in [-0.05, 0) is 50.6 Å². The molecule has 0 fully saturated rings. The molecule has 0 spiro atoms. The number of ether oxygens (including phenoxy) is 2. The fourth-order valence-electron chi connectivity index (χ4n) is 3.36. The maximum atomic E-state index is 13.5. The number of methoxy groups -OCH3 is 2. The predicted octanol–water partition coefficient (Wildman–Crippen LogP) is 2.55. The summed E-state index contributed by atoms with van der Waals surface area (Å²) >= 11 is 0. The summed E-state index contributed by atoms with van der Waals surface area (Å²) in [7, 11) is -1.09. The summed E-state index contributed by atoms with van der Waals surface area (Å²) in [4.78, 5) is 27.5. The number of halogens is 1. The van der Waals surface area contributed by atoms with Crippen LogP contribution < -0.4 is 19.1 Å².